The van der Waals surface area contributed by atoms with Crippen LogP contribution in [0.5, 0.6) is 0 Å². The van der Waals surface area contributed by atoms with Crippen molar-refractivity contribution in [3.63, 3.8) is 0 Å². The summed E-state index contributed by atoms with van der Waals surface area (Å²) in [5, 5.41) is 3.89. The number of aromatic nitrogens is 2. The molecule has 2 N–H and O–H groups in total. The Bertz CT molecular complexity index is 315. The van der Waals surface area contributed by atoms with Crippen LogP contribution in [0.3, 0.4) is 0 Å². The first kappa shape index (κ1) is 9.65. The van der Waals surface area contributed by atoms with Gasteiger partial charge in [0.2, 0.25) is 5.89 Å². The van der Waals surface area contributed by atoms with Gasteiger partial charge in [0.1, 0.15) is 0 Å². The molecular weight excluding hydrogens is 178 g/mol. The lowest BCUT2D eigenvalue weighted by molar-refractivity contribution is 0.225. The molecule has 0 spiro atoms. The molecule has 1 aliphatic rings. The molecule has 2 rings (SSSR count). The summed E-state index contributed by atoms with van der Waals surface area (Å²) in [6.07, 6.45) is 4.89. The second-order valence-electron chi connectivity index (χ2n) is 4.56. The first-order valence-corrected chi connectivity index (χ1v) is 5.17. The van der Waals surface area contributed by atoms with Crippen molar-refractivity contribution in [2.75, 3.05) is 0 Å². The molecule has 1 aliphatic carbocycles. The zero-order valence-electron chi connectivity index (χ0n) is 8.79. The number of nitrogens with two attached hydrogens (primary N) is 1. The minimum Gasteiger partial charge on any atom is -0.340 e. The van der Waals surface area contributed by atoms with E-state index in [2.05, 4.69) is 10.1 Å². The summed E-state index contributed by atoms with van der Waals surface area (Å²) in [7, 11) is 0. The maximum absolute atomic E-state index is 6.18. The number of rotatable bonds is 3. The highest BCUT2D eigenvalue weighted by atomic mass is 16.5. The normalized spacial score (nSPS) is 21.6. The summed E-state index contributed by atoms with van der Waals surface area (Å²) in [6.45, 7) is 3.77. The van der Waals surface area contributed by atoms with Gasteiger partial charge in [-0.15, -0.1) is 0 Å². The van der Waals surface area contributed by atoms with Crippen molar-refractivity contribution in [2.24, 2.45) is 11.7 Å². The van der Waals surface area contributed by atoms with Crippen LogP contribution >= 0.6 is 0 Å². The van der Waals surface area contributed by atoms with Crippen LogP contribution in [0.1, 0.15) is 44.3 Å². The Balaban J connectivity index is 2.06. The van der Waals surface area contributed by atoms with Gasteiger partial charge in [0.25, 0.3) is 0 Å². The van der Waals surface area contributed by atoms with E-state index >= 15 is 0 Å². The molecule has 1 atom stereocenters. The van der Waals surface area contributed by atoms with E-state index in [1.807, 2.05) is 6.92 Å². The summed E-state index contributed by atoms with van der Waals surface area (Å²) in [5.41, 5.74) is 5.75. The van der Waals surface area contributed by atoms with Crippen molar-refractivity contribution >= 4 is 0 Å². The SMILES string of the molecule is Cc1nc(C(C)(N)CC2CCC2)no1. The second kappa shape index (κ2) is 3.35. The van der Waals surface area contributed by atoms with Crippen LogP contribution in [0.4, 0.5) is 0 Å². The average Bonchev–Trinajstić information content (AvgIpc) is 2.45. The van der Waals surface area contributed by atoms with Gasteiger partial charge in [0.15, 0.2) is 5.82 Å². The summed E-state index contributed by atoms with van der Waals surface area (Å²) in [6, 6.07) is 0. The maximum atomic E-state index is 6.18. The van der Waals surface area contributed by atoms with E-state index in [1.165, 1.54) is 19.3 Å². The lowest BCUT2D eigenvalue weighted by atomic mass is 9.76. The molecule has 78 valence electrons. The van der Waals surface area contributed by atoms with E-state index in [0.29, 0.717) is 11.7 Å². The van der Waals surface area contributed by atoms with Crippen LogP contribution in [-0.4, -0.2) is 10.1 Å². The van der Waals surface area contributed by atoms with Crippen LogP contribution < -0.4 is 5.73 Å². The van der Waals surface area contributed by atoms with Gasteiger partial charge in [0.05, 0.1) is 5.54 Å². The summed E-state index contributed by atoms with van der Waals surface area (Å²) >= 11 is 0. The minimum absolute atomic E-state index is 0.428. The number of aryl methyl sites for hydroxylation is 1. The Morgan fingerprint density at radius 1 is 1.57 bits per heavy atom. The van der Waals surface area contributed by atoms with Crippen molar-refractivity contribution in [1.82, 2.24) is 10.1 Å². The highest BCUT2D eigenvalue weighted by molar-refractivity contribution is 5.02. The first-order valence-electron chi connectivity index (χ1n) is 5.17. The Kier molecular flexibility index (Phi) is 2.31. The predicted octanol–water partition coefficient (Wildman–Crippen LogP) is 1.74. The van der Waals surface area contributed by atoms with Crippen LogP contribution in [0.15, 0.2) is 4.52 Å². The predicted molar refractivity (Wildman–Crippen MR) is 52.5 cm³/mol. The number of nitrogens with zero attached hydrogens (tertiary/aromatic N) is 2. The Morgan fingerprint density at radius 3 is 2.71 bits per heavy atom. The number of hydrogen-bond donors (Lipinski definition) is 1. The lowest BCUT2D eigenvalue weighted by Gasteiger charge is -2.32. The fourth-order valence-electron chi connectivity index (χ4n) is 1.92. The van der Waals surface area contributed by atoms with Crippen molar-refractivity contribution < 1.29 is 4.52 Å². The fourth-order valence-corrected chi connectivity index (χ4v) is 1.92. The molecular formula is C10H17N3O. The van der Waals surface area contributed by atoms with E-state index in [-0.39, 0.29) is 0 Å². The fraction of sp³-hybridized carbons (Fsp3) is 0.800. The third kappa shape index (κ3) is 1.80. The van der Waals surface area contributed by atoms with Crippen LogP contribution in [0.2, 0.25) is 0 Å². The van der Waals surface area contributed by atoms with E-state index in [1.54, 1.807) is 6.92 Å². The average molecular weight is 195 g/mol. The molecule has 0 amide bonds. The molecule has 14 heavy (non-hydrogen) atoms. The van der Waals surface area contributed by atoms with Crippen molar-refractivity contribution in [3.05, 3.63) is 11.7 Å². The summed E-state index contributed by atoms with van der Waals surface area (Å²) < 4.78 is 4.94. The van der Waals surface area contributed by atoms with Gasteiger partial charge in [0, 0.05) is 6.92 Å². The first-order chi connectivity index (χ1) is 6.58. The third-order valence-corrected chi connectivity index (χ3v) is 2.98. The Labute approximate surface area is 83.9 Å². The maximum Gasteiger partial charge on any atom is 0.223 e. The van der Waals surface area contributed by atoms with E-state index < -0.39 is 5.54 Å². The van der Waals surface area contributed by atoms with E-state index in [0.717, 1.165) is 12.3 Å². The Morgan fingerprint density at radius 2 is 2.29 bits per heavy atom. The topological polar surface area (TPSA) is 64.9 Å². The van der Waals surface area contributed by atoms with Gasteiger partial charge in [-0.05, 0) is 19.3 Å². The molecule has 1 aromatic heterocycles. The monoisotopic (exact) mass is 195 g/mol. The van der Waals surface area contributed by atoms with Gasteiger partial charge in [-0.3, -0.25) is 0 Å². The van der Waals surface area contributed by atoms with E-state index in [4.69, 9.17) is 10.3 Å². The van der Waals surface area contributed by atoms with Gasteiger partial charge in [-0.2, -0.15) is 4.98 Å². The summed E-state index contributed by atoms with van der Waals surface area (Å²) in [5.74, 6) is 1.98. The molecule has 0 saturated heterocycles. The standard InChI is InChI=1S/C10H17N3O/c1-7-12-9(13-14-7)10(2,11)6-8-4-3-5-8/h8H,3-6,11H2,1-2H3. The second-order valence-corrected chi connectivity index (χ2v) is 4.56. The third-order valence-electron chi connectivity index (χ3n) is 2.98. The van der Waals surface area contributed by atoms with Gasteiger partial charge >= 0.3 is 0 Å². The zero-order chi connectivity index (χ0) is 10.2. The highest BCUT2D eigenvalue weighted by Gasteiger charge is 2.32. The van der Waals surface area contributed by atoms with Crippen LogP contribution in [-0.2, 0) is 5.54 Å². The molecule has 1 heterocycles. The molecule has 4 heteroatoms. The number of hydrogen-bond acceptors (Lipinski definition) is 4. The molecule has 0 bridgehead atoms. The van der Waals surface area contributed by atoms with Crippen LogP contribution in [0, 0.1) is 12.8 Å². The van der Waals surface area contributed by atoms with Crippen molar-refractivity contribution in [3.8, 4) is 0 Å². The Hall–Kier alpha value is -0.900. The molecule has 0 radical (unpaired) electrons. The smallest absolute Gasteiger partial charge is 0.223 e. The molecule has 1 fully saturated rings. The van der Waals surface area contributed by atoms with Crippen LogP contribution in [0.25, 0.3) is 0 Å². The molecule has 1 unspecified atom stereocenters. The molecule has 0 aromatic carbocycles. The van der Waals surface area contributed by atoms with Gasteiger partial charge in [-0.25, -0.2) is 0 Å². The minimum atomic E-state index is -0.428. The van der Waals surface area contributed by atoms with E-state index in [9.17, 15) is 0 Å². The van der Waals surface area contributed by atoms with Crippen molar-refractivity contribution in [1.29, 1.82) is 0 Å². The van der Waals surface area contributed by atoms with Gasteiger partial charge < -0.3 is 10.3 Å². The molecule has 4 nitrogen and oxygen atoms in total. The van der Waals surface area contributed by atoms with Crippen molar-refractivity contribution in [2.45, 2.75) is 45.1 Å². The largest absolute Gasteiger partial charge is 0.340 e. The zero-order valence-corrected chi connectivity index (χ0v) is 8.79. The van der Waals surface area contributed by atoms with Gasteiger partial charge in [-0.1, -0.05) is 24.4 Å². The summed E-state index contributed by atoms with van der Waals surface area (Å²) in [4.78, 5) is 4.19. The molecule has 1 saturated carbocycles. The quantitative estimate of drug-likeness (QED) is 0.797. The molecule has 1 aromatic rings. The molecule has 0 aliphatic heterocycles. The highest BCUT2D eigenvalue weighted by Crippen LogP contribution is 2.35. The lowest BCUT2D eigenvalue weighted by Crippen LogP contribution is -2.38.